The molecule has 0 aromatic carbocycles. The van der Waals surface area contributed by atoms with Crippen LogP contribution >= 0.6 is 15.6 Å². The molecule has 0 aliphatic heterocycles. The van der Waals surface area contributed by atoms with Gasteiger partial charge in [0.15, 0.2) is 12.2 Å². The summed E-state index contributed by atoms with van der Waals surface area (Å²) in [6.07, 6.45) is 59.7. The minimum atomic E-state index is -4.96. The molecule has 0 aromatic heterocycles. The summed E-state index contributed by atoms with van der Waals surface area (Å²) >= 11 is 0. The van der Waals surface area contributed by atoms with Gasteiger partial charge < -0.3 is 33.8 Å². The Balaban J connectivity index is 5.19. The first-order chi connectivity index (χ1) is 46.5. The molecule has 0 rings (SSSR count). The number of phosphoric acid groups is 2. The van der Waals surface area contributed by atoms with Gasteiger partial charge >= 0.3 is 39.5 Å². The summed E-state index contributed by atoms with van der Waals surface area (Å²) in [6, 6.07) is 0. The molecule has 0 bridgehead atoms. The zero-order valence-corrected chi connectivity index (χ0v) is 64.3. The lowest BCUT2D eigenvalue weighted by atomic mass is 10.0. The highest BCUT2D eigenvalue weighted by Gasteiger charge is 2.30. The Morgan fingerprint density at radius 1 is 0.281 bits per heavy atom. The van der Waals surface area contributed by atoms with Gasteiger partial charge in [-0.3, -0.25) is 37.3 Å². The van der Waals surface area contributed by atoms with Crippen molar-refractivity contribution in [1.82, 2.24) is 0 Å². The fourth-order valence-electron chi connectivity index (χ4n) is 11.9. The number of phosphoric ester groups is 2. The lowest BCUT2D eigenvalue weighted by Crippen LogP contribution is -2.30. The first-order valence-electron chi connectivity index (χ1n) is 40.1. The molecule has 5 atom stereocenters. The van der Waals surface area contributed by atoms with E-state index in [-0.39, 0.29) is 25.7 Å². The van der Waals surface area contributed by atoms with Gasteiger partial charge in [0.25, 0.3) is 0 Å². The number of esters is 4. The van der Waals surface area contributed by atoms with E-state index in [1.54, 1.807) is 0 Å². The van der Waals surface area contributed by atoms with Crippen molar-refractivity contribution < 1.29 is 80.2 Å². The van der Waals surface area contributed by atoms with Crippen LogP contribution in [0.25, 0.3) is 0 Å². The van der Waals surface area contributed by atoms with E-state index in [2.05, 4.69) is 34.6 Å². The van der Waals surface area contributed by atoms with Gasteiger partial charge in [0.1, 0.15) is 19.3 Å². The van der Waals surface area contributed by atoms with Crippen molar-refractivity contribution in [3.05, 3.63) is 0 Å². The van der Waals surface area contributed by atoms with Gasteiger partial charge in [0, 0.05) is 25.7 Å². The molecule has 0 spiro atoms. The summed E-state index contributed by atoms with van der Waals surface area (Å²) in [5.41, 5.74) is 0. The van der Waals surface area contributed by atoms with E-state index in [0.717, 1.165) is 95.8 Å². The third-order valence-electron chi connectivity index (χ3n) is 18.0. The number of rotatable bonds is 77. The standard InChI is InChI=1S/C77H150O17P2/c1-6-9-12-15-18-21-24-26-27-28-29-30-31-32-33-35-37-42-47-52-57-62-76(81)93-72(67-88-75(80)61-56-51-46-41-36-34-25-22-19-16-13-10-7-2)68-91-95(83,84)89-64-71(78)65-90-96(85,86)92-69-73(66-87-74(79)60-55-50-45-40-23-20-17-14-11-8-3)94-77(82)63-58-53-48-43-38-39-44-49-54-59-70(4)5/h70-73,78H,6-69H2,1-5H3,(H,83,84)(H,85,86)/t71-,72-,73-/m1/s1. The zero-order chi connectivity index (χ0) is 70.5. The second-order valence-corrected chi connectivity index (χ2v) is 31.1. The van der Waals surface area contributed by atoms with E-state index < -0.39 is 97.5 Å². The molecular formula is C77H150O17P2. The van der Waals surface area contributed by atoms with Crippen LogP contribution < -0.4 is 0 Å². The number of unbranched alkanes of at least 4 members (excludes halogenated alkanes) is 49. The van der Waals surface area contributed by atoms with Crippen LogP contribution in [-0.4, -0.2) is 96.7 Å². The van der Waals surface area contributed by atoms with Crippen LogP contribution in [0.5, 0.6) is 0 Å². The van der Waals surface area contributed by atoms with E-state index in [4.69, 9.17) is 37.0 Å². The van der Waals surface area contributed by atoms with E-state index >= 15 is 0 Å². The molecule has 0 radical (unpaired) electrons. The topological polar surface area (TPSA) is 237 Å². The molecule has 19 heteroatoms. The Bertz CT molecular complexity index is 1840. The van der Waals surface area contributed by atoms with Gasteiger partial charge in [-0.1, -0.05) is 356 Å². The molecule has 0 fully saturated rings. The summed E-state index contributed by atoms with van der Waals surface area (Å²) in [5, 5.41) is 10.6. The fourth-order valence-corrected chi connectivity index (χ4v) is 13.5. The molecule has 0 saturated heterocycles. The summed E-state index contributed by atoms with van der Waals surface area (Å²) in [6.45, 7) is 7.26. The van der Waals surface area contributed by atoms with Crippen LogP contribution in [-0.2, 0) is 65.4 Å². The number of ether oxygens (including phenoxy) is 4. The van der Waals surface area contributed by atoms with Crippen LogP contribution in [0.3, 0.4) is 0 Å². The Kier molecular flexibility index (Phi) is 68.7. The maximum absolute atomic E-state index is 13.1. The number of carbonyl (C=O) groups excluding carboxylic acids is 4. The van der Waals surface area contributed by atoms with Crippen molar-refractivity contribution in [2.75, 3.05) is 39.6 Å². The molecule has 0 aliphatic carbocycles. The number of aliphatic hydroxyl groups excluding tert-OH is 1. The molecule has 3 N–H and O–H groups in total. The lowest BCUT2D eigenvalue weighted by Gasteiger charge is -2.21. The highest BCUT2D eigenvalue weighted by atomic mass is 31.2. The van der Waals surface area contributed by atoms with Gasteiger partial charge in [0.05, 0.1) is 26.4 Å². The molecular weight excluding hydrogens is 1260 g/mol. The molecule has 0 saturated carbocycles. The first kappa shape index (κ1) is 94.1. The largest absolute Gasteiger partial charge is 0.472 e. The van der Waals surface area contributed by atoms with Gasteiger partial charge in [-0.25, -0.2) is 9.13 Å². The van der Waals surface area contributed by atoms with Crippen molar-refractivity contribution in [2.45, 2.75) is 425 Å². The average Bonchev–Trinajstić information content (AvgIpc) is 1.43. The van der Waals surface area contributed by atoms with Crippen molar-refractivity contribution in [3.63, 3.8) is 0 Å². The first-order valence-corrected chi connectivity index (χ1v) is 43.1. The summed E-state index contributed by atoms with van der Waals surface area (Å²) in [5.74, 6) is -1.38. The maximum atomic E-state index is 13.1. The molecule has 96 heavy (non-hydrogen) atoms. The number of hydrogen-bond donors (Lipinski definition) is 3. The van der Waals surface area contributed by atoms with Gasteiger partial charge in [-0.2, -0.15) is 0 Å². The Labute approximate surface area is 588 Å². The SMILES string of the molecule is CCCCCCCCCCCCCCCCCCCCCCCC(=O)O[C@H](COC(=O)CCCCCCCCCCCCCCC)COP(=O)(O)OC[C@@H](O)COP(=O)(O)OC[C@@H](COC(=O)CCCCCCCCCCCC)OC(=O)CCCCCCCCCCCC(C)C. The summed E-state index contributed by atoms with van der Waals surface area (Å²) < 4.78 is 68.5. The Morgan fingerprint density at radius 3 is 0.708 bits per heavy atom. The fraction of sp³-hybridized carbons (Fsp3) is 0.948. The van der Waals surface area contributed by atoms with E-state index in [1.807, 2.05) is 0 Å². The predicted molar refractivity (Wildman–Crippen MR) is 391 cm³/mol. The number of aliphatic hydroxyl groups is 1. The van der Waals surface area contributed by atoms with Gasteiger partial charge in [-0.15, -0.1) is 0 Å². The van der Waals surface area contributed by atoms with Gasteiger partial charge in [0.2, 0.25) is 0 Å². The average molecular weight is 1410 g/mol. The van der Waals surface area contributed by atoms with Crippen LogP contribution in [0.15, 0.2) is 0 Å². The quantitative estimate of drug-likeness (QED) is 0.0222. The van der Waals surface area contributed by atoms with Crippen LogP contribution in [0.2, 0.25) is 0 Å². The normalized spacial score (nSPS) is 13.9. The smallest absolute Gasteiger partial charge is 0.462 e. The monoisotopic (exact) mass is 1410 g/mol. The second kappa shape index (κ2) is 70.1. The van der Waals surface area contributed by atoms with E-state index in [1.165, 1.54) is 231 Å². The Hall–Kier alpha value is -1.94. The molecule has 0 aliphatic rings. The van der Waals surface area contributed by atoms with Gasteiger partial charge in [-0.05, 0) is 31.6 Å². The van der Waals surface area contributed by atoms with E-state index in [9.17, 15) is 43.2 Å². The minimum absolute atomic E-state index is 0.106. The zero-order valence-electron chi connectivity index (χ0n) is 62.5. The molecule has 0 amide bonds. The molecule has 0 aromatic rings. The Morgan fingerprint density at radius 2 is 0.479 bits per heavy atom. The molecule has 17 nitrogen and oxygen atoms in total. The highest BCUT2D eigenvalue weighted by Crippen LogP contribution is 2.45. The second-order valence-electron chi connectivity index (χ2n) is 28.2. The lowest BCUT2D eigenvalue weighted by molar-refractivity contribution is -0.161. The molecule has 0 heterocycles. The predicted octanol–water partition coefficient (Wildman–Crippen LogP) is 22.9. The van der Waals surface area contributed by atoms with Crippen LogP contribution in [0.1, 0.15) is 407 Å². The summed E-state index contributed by atoms with van der Waals surface area (Å²) in [7, 11) is -9.91. The number of carbonyl (C=O) groups is 4. The van der Waals surface area contributed by atoms with E-state index in [0.29, 0.717) is 25.7 Å². The third kappa shape index (κ3) is 70.5. The number of hydrogen-bond acceptors (Lipinski definition) is 15. The van der Waals surface area contributed by atoms with Crippen molar-refractivity contribution in [2.24, 2.45) is 5.92 Å². The highest BCUT2D eigenvalue weighted by molar-refractivity contribution is 7.47. The summed E-state index contributed by atoms with van der Waals surface area (Å²) in [4.78, 5) is 72.8. The van der Waals surface area contributed by atoms with Crippen LogP contribution in [0, 0.1) is 5.92 Å². The third-order valence-corrected chi connectivity index (χ3v) is 19.9. The maximum Gasteiger partial charge on any atom is 0.472 e. The van der Waals surface area contributed by atoms with Crippen molar-refractivity contribution >= 4 is 39.5 Å². The van der Waals surface area contributed by atoms with Crippen LogP contribution in [0.4, 0.5) is 0 Å². The van der Waals surface area contributed by atoms with Crippen molar-refractivity contribution in [1.29, 1.82) is 0 Å². The molecule has 2 unspecified atom stereocenters. The molecule has 570 valence electrons. The van der Waals surface area contributed by atoms with Crippen molar-refractivity contribution in [3.8, 4) is 0 Å². The minimum Gasteiger partial charge on any atom is -0.462 e.